The second-order valence-electron chi connectivity index (χ2n) is 5.63. The van der Waals surface area contributed by atoms with Crippen molar-refractivity contribution in [1.82, 2.24) is 0 Å². The van der Waals surface area contributed by atoms with Crippen molar-refractivity contribution in [2.24, 2.45) is 0 Å². The molecule has 0 spiro atoms. The zero-order valence-electron chi connectivity index (χ0n) is 13.4. The lowest BCUT2D eigenvalue weighted by molar-refractivity contribution is -0.157. The van der Waals surface area contributed by atoms with Crippen LogP contribution in [0.1, 0.15) is 25.0 Å². The number of hydrogen-bond donors (Lipinski definition) is 1. The number of rotatable bonds is 5. The molecule has 1 saturated heterocycles. The third-order valence-electron chi connectivity index (χ3n) is 4.02. The van der Waals surface area contributed by atoms with Gasteiger partial charge in [0.1, 0.15) is 6.10 Å². The number of hydrogen-bond acceptors (Lipinski definition) is 5. The van der Waals surface area contributed by atoms with E-state index in [0.717, 1.165) is 5.56 Å². The first kappa shape index (κ1) is 16.1. The van der Waals surface area contributed by atoms with E-state index in [2.05, 4.69) is 5.32 Å². The van der Waals surface area contributed by atoms with Gasteiger partial charge in [-0.2, -0.15) is 0 Å². The van der Waals surface area contributed by atoms with Crippen LogP contribution >= 0.6 is 0 Å². The maximum absolute atomic E-state index is 12.6. The van der Waals surface area contributed by atoms with E-state index >= 15 is 0 Å². The summed E-state index contributed by atoms with van der Waals surface area (Å²) in [5.74, 6) is -1.23. The predicted octanol–water partition coefficient (Wildman–Crippen LogP) is 3.09. The standard InChI is InChI=1S/C19H19NO4/c1-2-23-17(21)19(20-15-11-7-4-8-12-15)13-16(24-18(19)22)14-9-5-3-6-10-14/h3-12,16,20H,2,13H2,1H3. The molecule has 0 saturated carbocycles. The van der Waals surface area contributed by atoms with Crippen molar-refractivity contribution in [3.05, 3.63) is 66.2 Å². The molecule has 2 unspecified atom stereocenters. The lowest BCUT2D eigenvalue weighted by Crippen LogP contribution is -2.51. The van der Waals surface area contributed by atoms with Gasteiger partial charge in [-0.3, -0.25) is 0 Å². The van der Waals surface area contributed by atoms with Crippen LogP contribution in [-0.2, 0) is 19.1 Å². The molecule has 1 heterocycles. The van der Waals surface area contributed by atoms with E-state index in [0.29, 0.717) is 5.69 Å². The van der Waals surface area contributed by atoms with Crippen LogP contribution in [0.5, 0.6) is 0 Å². The summed E-state index contributed by atoms with van der Waals surface area (Å²) in [5, 5.41) is 3.04. The van der Waals surface area contributed by atoms with Gasteiger partial charge in [0.2, 0.25) is 5.54 Å². The zero-order valence-corrected chi connectivity index (χ0v) is 13.4. The Bertz CT molecular complexity index is 717. The molecule has 5 nitrogen and oxygen atoms in total. The topological polar surface area (TPSA) is 64.6 Å². The highest BCUT2D eigenvalue weighted by atomic mass is 16.6. The van der Waals surface area contributed by atoms with Gasteiger partial charge in [0, 0.05) is 12.1 Å². The molecule has 2 aromatic carbocycles. The quantitative estimate of drug-likeness (QED) is 0.676. The van der Waals surface area contributed by atoms with E-state index in [1.807, 2.05) is 48.5 Å². The predicted molar refractivity (Wildman–Crippen MR) is 89.3 cm³/mol. The van der Waals surface area contributed by atoms with Gasteiger partial charge in [-0.1, -0.05) is 48.5 Å². The molecule has 124 valence electrons. The Kier molecular flexibility index (Phi) is 4.51. The van der Waals surface area contributed by atoms with Crippen molar-refractivity contribution in [3.8, 4) is 0 Å². The van der Waals surface area contributed by atoms with Gasteiger partial charge in [0.05, 0.1) is 6.61 Å². The number of carbonyl (C=O) groups excluding carboxylic acids is 2. The lowest BCUT2D eigenvalue weighted by Gasteiger charge is -2.25. The summed E-state index contributed by atoms with van der Waals surface area (Å²) in [5.41, 5.74) is -0.0131. The molecule has 3 rings (SSSR count). The molecular formula is C19H19NO4. The molecule has 1 N–H and O–H groups in total. The number of carbonyl (C=O) groups is 2. The van der Waals surface area contributed by atoms with Crippen molar-refractivity contribution in [2.75, 3.05) is 11.9 Å². The Morgan fingerprint density at radius 2 is 1.79 bits per heavy atom. The summed E-state index contributed by atoms with van der Waals surface area (Å²) < 4.78 is 10.7. The second-order valence-corrected chi connectivity index (χ2v) is 5.63. The van der Waals surface area contributed by atoms with Gasteiger partial charge in [-0.15, -0.1) is 0 Å². The van der Waals surface area contributed by atoms with Gasteiger partial charge in [0.15, 0.2) is 0 Å². The number of ether oxygens (including phenoxy) is 2. The minimum absolute atomic E-state index is 0.184. The average Bonchev–Trinajstić information content (AvgIpc) is 2.95. The number of nitrogens with one attached hydrogen (secondary N) is 1. The number of esters is 2. The molecule has 1 aliphatic rings. The molecule has 0 amide bonds. The highest BCUT2D eigenvalue weighted by Crippen LogP contribution is 2.39. The minimum Gasteiger partial charge on any atom is -0.464 e. The molecule has 1 aliphatic heterocycles. The minimum atomic E-state index is -1.53. The van der Waals surface area contributed by atoms with Crippen molar-refractivity contribution in [1.29, 1.82) is 0 Å². The highest BCUT2D eigenvalue weighted by molar-refractivity contribution is 6.09. The highest BCUT2D eigenvalue weighted by Gasteiger charge is 2.56. The maximum Gasteiger partial charge on any atom is 0.344 e. The summed E-state index contributed by atoms with van der Waals surface area (Å²) >= 11 is 0. The van der Waals surface area contributed by atoms with Gasteiger partial charge in [-0.05, 0) is 24.6 Å². The zero-order chi connectivity index (χ0) is 17.0. The van der Waals surface area contributed by atoms with Crippen LogP contribution in [0.4, 0.5) is 5.69 Å². The van der Waals surface area contributed by atoms with Crippen LogP contribution in [0.3, 0.4) is 0 Å². The molecule has 1 fully saturated rings. The SMILES string of the molecule is CCOC(=O)C1(Nc2ccccc2)CC(c2ccccc2)OC1=O. The van der Waals surface area contributed by atoms with E-state index in [4.69, 9.17) is 9.47 Å². The largest absolute Gasteiger partial charge is 0.464 e. The third kappa shape index (κ3) is 2.97. The average molecular weight is 325 g/mol. The van der Waals surface area contributed by atoms with Crippen LogP contribution < -0.4 is 5.32 Å². The van der Waals surface area contributed by atoms with Crippen molar-refractivity contribution >= 4 is 17.6 Å². The Morgan fingerprint density at radius 1 is 1.17 bits per heavy atom. The van der Waals surface area contributed by atoms with Crippen LogP contribution in [0.25, 0.3) is 0 Å². The molecule has 2 atom stereocenters. The number of anilines is 1. The van der Waals surface area contributed by atoms with Crippen LogP contribution in [0.2, 0.25) is 0 Å². The number of para-hydroxylation sites is 1. The van der Waals surface area contributed by atoms with Gasteiger partial charge < -0.3 is 14.8 Å². The molecule has 0 radical (unpaired) electrons. The van der Waals surface area contributed by atoms with E-state index in [1.54, 1.807) is 19.1 Å². The molecule has 24 heavy (non-hydrogen) atoms. The van der Waals surface area contributed by atoms with Gasteiger partial charge >= 0.3 is 11.9 Å². The van der Waals surface area contributed by atoms with Crippen molar-refractivity contribution < 1.29 is 19.1 Å². The van der Waals surface area contributed by atoms with Crippen LogP contribution in [0, 0.1) is 0 Å². The fraction of sp³-hybridized carbons (Fsp3) is 0.263. The Morgan fingerprint density at radius 3 is 2.42 bits per heavy atom. The number of cyclic esters (lactones) is 1. The van der Waals surface area contributed by atoms with Crippen LogP contribution in [-0.4, -0.2) is 24.1 Å². The Balaban J connectivity index is 1.93. The van der Waals surface area contributed by atoms with Crippen LogP contribution in [0.15, 0.2) is 60.7 Å². The molecule has 0 aliphatic carbocycles. The fourth-order valence-electron chi connectivity index (χ4n) is 2.83. The summed E-state index contributed by atoms with van der Waals surface area (Å²) in [6.07, 6.45) is -0.303. The molecule has 0 bridgehead atoms. The van der Waals surface area contributed by atoms with Gasteiger partial charge in [0.25, 0.3) is 0 Å². The lowest BCUT2D eigenvalue weighted by atomic mass is 9.92. The molecule has 2 aromatic rings. The third-order valence-corrected chi connectivity index (χ3v) is 4.02. The monoisotopic (exact) mass is 325 g/mol. The summed E-state index contributed by atoms with van der Waals surface area (Å²) in [4.78, 5) is 25.2. The maximum atomic E-state index is 12.6. The van der Waals surface area contributed by atoms with Crippen molar-refractivity contribution in [2.45, 2.75) is 25.0 Å². The first-order valence-electron chi connectivity index (χ1n) is 7.92. The Hall–Kier alpha value is -2.82. The molecular weight excluding hydrogens is 306 g/mol. The first-order valence-corrected chi connectivity index (χ1v) is 7.92. The first-order chi connectivity index (χ1) is 11.7. The summed E-state index contributed by atoms with van der Waals surface area (Å²) in [6.45, 7) is 1.91. The van der Waals surface area contributed by atoms with E-state index in [1.165, 1.54) is 0 Å². The van der Waals surface area contributed by atoms with E-state index < -0.39 is 23.6 Å². The van der Waals surface area contributed by atoms with Crippen molar-refractivity contribution in [3.63, 3.8) is 0 Å². The molecule has 0 aromatic heterocycles. The Labute approximate surface area is 140 Å². The van der Waals surface area contributed by atoms with E-state index in [9.17, 15) is 9.59 Å². The second kappa shape index (κ2) is 6.74. The molecule has 5 heteroatoms. The summed E-state index contributed by atoms with van der Waals surface area (Å²) in [6, 6.07) is 18.5. The van der Waals surface area contributed by atoms with Gasteiger partial charge in [-0.25, -0.2) is 9.59 Å². The normalized spacial score (nSPS) is 22.7. The number of benzene rings is 2. The fourth-order valence-corrected chi connectivity index (χ4v) is 2.83. The smallest absolute Gasteiger partial charge is 0.344 e. The summed E-state index contributed by atoms with van der Waals surface area (Å²) in [7, 11) is 0. The van der Waals surface area contributed by atoms with E-state index in [-0.39, 0.29) is 13.0 Å².